The number of pyridine rings is 1. The maximum absolute atomic E-state index is 12.7. The Morgan fingerprint density at radius 2 is 1.96 bits per heavy atom. The first-order chi connectivity index (χ1) is 11.6. The van der Waals surface area contributed by atoms with Gasteiger partial charge in [0.05, 0.1) is 24.0 Å². The number of carbonyl (C=O) groups is 2. The summed E-state index contributed by atoms with van der Waals surface area (Å²) in [6, 6.07) is 10.1. The molecule has 0 bridgehead atoms. The van der Waals surface area contributed by atoms with Crippen molar-refractivity contribution in [2.24, 2.45) is 0 Å². The van der Waals surface area contributed by atoms with Gasteiger partial charge in [0.15, 0.2) is 5.82 Å². The van der Waals surface area contributed by atoms with Gasteiger partial charge in [0.2, 0.25) is 0 Å². The number of hydrogen-bond donors (Lipinski definition) is 1. The topological polar surface area (TPSA) is 74.8 Å². The lowest BCUT2D eigenvalue weighted by Gasteiger charge is -2.34. The molecular formula is C17H18N4O3. The number of aromatic nitrogens is 1. The number of nitrogens with one attached hydrogen (secondary N) is 1. The Morgan fingerprint density at radius 1 is 1.17 bits per heavy atom. The first-order valence-electron chi connectivity index (χ1n) is 7.54. The van der Waals surface area contributed by atoms with Crippen LogP contribution in [0.25, 0.3) is 0 Å². The minimum atomic E-state index is -0.494. The maximum Gasteiger partial charge on any atom is 0.339 e. The van der Waals surface area contributed by atoms with Gasteiger partial charge in [-0.2, -0.15) is 0 Å². The first kappa shape index (κ1) is 15.8. The molecule has 0 fully saturated rings. The van der Waals surface area contributed by atoms with Crippen molar-refractivity contribution < 1.29 is 14.3 Å². The van der Waals surface area contributed by atoms with Gasteiger partial charge in [0.25, 0.3) is 0 Å². The molecule has 3 rings (SSSR count). The summed E-state index contributed by atoms with van der Waals surface area (Å²) in [7, 11) is 3.25. The van der Waals surface area contributed by atoms with Crippen LogP contribution in [-0.4, -0.2) is 44.2 Å². The Kier molecular flexibility index (Phi) is 4.33. The van der Waals surface area contributed by atoms with Crippen molar-refractivity contribution in [1.29, 1.82) is 0 Å². The SMILES string of the molecule is COC(=O)c1ccccc1NC(=O)N1CCN(C)c2ncccc21. The normalized spacial score (nSPS) is 13.2. The van der Waals surface area contributed by atoms with E-state index in [0.29, 0.717) is 24.3 Å². The van der Waals surface area contributed by atoms with Crippen LogP contribution in [0.4, 0.5) is 22.0 Å². The minimum absolute atomic E-state index is 0.311. The Hall–Kier alpha value is -3.09. The number of methoxy groups -OCH3 is 1. The zero-order valence-electron chi connectivity index (χ0n) is 13.5. The van der Waals surface area contributed by atoms with Crippen molar-refractivity contribution in [3.05, 3.63) is 48.2 Å². The summed E-state index contributed by atoms with van der Waals surface area (Å²) in [5.74, 6) is 0.256. The molecule has 1 aliphatic heterocycles. The van der Waals surface area contributed by atoms with Gasteiger partial charge in [0, 0.05) is 26.3 Å². The van der Waals surface area contributed by atoms with Crippen molar-refractivity contribution in [3.8, 4) is 0 Å². The summed E-state index contributed by atoms with van der Waals surface area (Å²) in [4.78, 5) is 32.5. The molecular weight excluding hydrogens is 308 g/mol. The van der Waals surface area contributed by atoms with E-state index in [1.54, 1.807) is 41.4 Å². The van der Waals surface area contributed by atoms with Crippen molar-refractivity contribution in [2.75, 3.05) is 42.4 Å². The van der Waals surface area contributed by atoms with Crippen LogP contribution in [0.2, 0.25) is 0 Å². The number of likely N-dealkylation sites (N-methyl/N-ethyl adjacent to an activating group) is 1. The van der Waals surface area contributed by atoms with Crippen molar-refractivity contribution in [1.82, 2.24) is 4.98 Å². The predicted molar refractivity (Wildman–Crippen MR) is 91.7 cm³/mol. The molecule has 0 aliphatic carbocycles. The summed E-state index contributed by atoms with van der Waals surface area (Å²) in [5, 5.41) is 2.79. The molecule has 124 valence electrons. The maximum atomic E-state index is 12.7. The van der Waals surface area contributed by atoms with Gasteiger partial charge in [0.1, 0.15) is 0 Å². The highest BCUT2D eigenvalue weighted by Gasteiger charge is 2.26. The number of carbonyl (C=O) groups excluding carboxylic acids is 2. The number of para-hydroxylation sites is 1. The summed E-state index contributed by atoms with van der Waals surface area (Å²) in [6.07, 6.45) is 1.70. The monoisotopic (exact) mass is 326 g/mol. The van der Waals surface area contributed by atoms with Gasteiger partial charge in [-0.15, -0.1) is 0 Å². The molecule has 1 N–H and O–H groups in total. The molecule has 0 saturated heterocycles. The number of hydrogen-bond acceptors (Lipinski definition) is 5. The fourth-order valence-corrected chi connectivity index (χ4v) is 2.64. The second-order valence-electron chi connectivity index (χ2n) is 5.39. The van der Waals surface area contributed by atoms with E-state index >= 15 is 0 Å². The van der Waals surface area contributed by atoms with E-state index in [0.717, 1.165) is 11.5 Å². The molecule has 24 heavy (non-hydrogen) atoms. The van der Waals surface area contributed by atoms with Crippen molar-refractivity contribution in [2.45, 2.75) is 0 Å². The van der Waals surface area contributed by atoms with Crippen LogP contribution in [0, 0.1) is 0 Å². The molecule has 1 aromatic heterocycles. The summed E-state index contributed by atoms with van der Waals surface area (Å²) < 4.78 is 4.75. The third-order valence-electron chi connectivity index (χ3n) is 3.90. The standard InChI is InChI=1S/C17H18N4O3/c1-20-10-11-21(14-8-5-9-18-15(14)20)17(23)19-13-7-4-3-6-12(13)16(22)24-2/h3-9H,10-11H2,1-2H3,(H,19,23). The van der Waals surface area contributed by atoms with Gasteiger partial charge >= 0.3 is 12.0 Å². The molecule has 0 spiro atoms. The van der Waals surface area contributed by atoms with E-state index in [2.05, 4.69) is 10.3 Å². The molecule has 2 amide bonds. The Balaban J connectivity index is 1.87. The van der Waals surface area contributed by atoms with Gasteiger partial charge in [-0.1, -0.05) is 12.1 Å². The number of rotatable bonds is 2. The fourth-order valence-electron chi connectivity index (χ4n) is 2.64. The average Bonchev–Trinajstić information content (AvgIpc) is 2.62. The summed E-state index contributed by atoms with van der Waals surface area (Å²) >= 11 is 0. The number of urea groups is 1. The minimum Gasteiger partial charge on any atom is -0.465 e. The molecule has 1 aliphatic rings. The van der Waals surface area contributed by atoms with Gasteiger partial charge in [-0.3, -0.25) is 4.90 Å². The highest BCUT2D eigenvalue weighted by Crippen LogP contribution is 2.30. The van der Waals surface area contributed by atoms with E-state index in [1.165, 1.54) is 7.11 Å². The summed E-state index contributed by atoms with van der Waals surface area (Å²) in [5.41, 5.74) is 1.46. The zero-order valence-corrected chi connectivity index (χ0v) is 13.5. The average molecular weight is 326 g/mol. The Labute approximate surface area is 139 Å². The molecule has 0 atom stereocenters. The highest BCUT2D eigenvalue weighted by atomic mass is 16.5. The predicted octanol–water partition coefficient (Wildman–Crippen LogP) is 2.36. The third kappa shape index (κ3) is 2.88. The number of anilines is 3. The highest BCUT2D eigenvalue weighted by molar-refractivity contribution is 6.07. The molecule has 1 aromatic carbocycles. The number of benzene rings is 1. The molecule has 0 saturated carbocycles. The molecule has 2 heterocycles. The third-order valence-corrected chi connectivity index (χ3v) is 3.90. The lowest BCUT2D eigenvalue weighted by Crippen LogP contribution is -2.45. The molecule has 7 heteroatoms. The van der Waals surface area contributed by atoms with Gasteiger partial charge < -0.3 is 15.0 Å². The summed E-state index contributed by atoms with van der Waals surface area (Å²) in [6.45, 7) is 1.21. The van der Waals surface area contributed by atoms with Crippen LogP contribution in [0.1, 0.15) is 10.4 Å². The number of fused-ring (bicyclic) bond motifs is 1. The largest absolute Gasteiger partial charge is 0.465 e. The van der Waals surface area contributed by atoms with E-state index < -0.39 is 5.97 Å². The molecule has 7 nitrogen and oxygen atoms in total. The van der Waals surface area contributed by atoms with Crippen LogP contribution in [0.5, 0.6) is 0 Å². The number of ether oxygens (including phenoxy) is 1. The van der Waals surface area contributed by atoms with Crippen LogP contribution in [-0.2, 0) is 4.74 Å². The molecule has 2 aromatic rings. The second kappa shape index (κ2) is 6.57. The van der Waals surface area contributed by atoms with Crippen molar-refractivity contribution in [3.63, 3.8) is 0 Å². The van der Waals surface area contributed by atoms with E-state index in [9.17, 15) is 9.59 Å². The Bertz CT molecular complexity index is 778. The second-order valence-corrected chi connectivity index (χ2v) is 5.39. The number of amides is 2. The van der Waals surface area contributed by atoms with E-state index in [1.807, 2.05) is 18.0 Å². The molecule has 0 unspecified atom stereocenters. The Morgan fingerprint density at radius 3 is 2.75 bits per heavy atom. The van der Waals surface area contributed by atoms with Crippen LogP contribution >= 0.6 is 0 Å². The van der Waals surface area contributed by atoms with Crippen molar-refractivity contribution >= 4 is 29.2 Å². The van der Waals surface area contributed by atoms with Gasteiger partial charge in [-0.05, 0) is 24.3 Å². The fraction of sp³-hybridized carbons (Fsp3) is 0.235. The van der Waals surface area contributed by atoms with E-state index in [4.69, 9.17) is 4.74 Å². The number of esters is 1. The molecule has 0 radical (unpaired) electrons. The quantitative estimate of drug-likeness (QED) is 0.858. The van der Waals surface area contributed by atoms with E-state index in [-0.39, 0.29) is 6.03 Å². The van der Waals surface area contributed by atoms with Crippen LogP contribution in [0.3, 0.4) is 0 Å². The first-order valence-corrected chi connectivity index (χ1v) is 7.54. The van der Waals surface area contributed by atoms with Crippen LogP contribution < -0.4 is 15.1 Å². The lowest BCUT2D eigenvalue weighted by molar-refractivity contribution is 0.0602. The zero-order chi connectivity index (χ0) is 17.1. The number of nitrogens with zero attached hydrogens (tertiary/aromatic N) is 3. The smallest absolute Gasteiger partial charge is 0.339 e. The van der Waals surface area contributed by atoms with Gasteiger partial charge in [-0.25, -0.2) is 14.6 Å². The van der Waals surface area contributed by atoms with Crippen LogP contribution in [0.15, 0.2) is 42.6 Å². The lowest BCUT2D eigenvalue weighted by atomic mass is 10.2.